The Balaban J connectivity index is 2.77. The highest BCUT2D eigenvalue weighted by atomic mass is 16.5. The van der Waals surface area contributed by atoms with E-state index < -0.39 is 0 Å². The van der Waals surface area contributed by atoms with Crippen LogP contribution in [0.25, 0.3) is 0 Å². The summed E-state index contributed by atoms with van der Waals surface area (Å²) in [5, 5.41) is 6.05. The third-order valence-corrected chi connectivity index (χ3v) is 3.50. The van der Waals surface area contributed by atoms with Gasteiger partial charge in [0.15, 0.2) is 6.61 Å². The van der Waals surface area contributed by atoms with Gasteiger partial charge in [0.1, 0.15) is 11.5 Å². The summed E-state index contributed by atoms with van der Waals surface area (Å²) in [6.07, 6.45) is 0.896. The van der Waals surface area contributed by atoms with Gasteiger partial charge < -0.3 is 20.1 Å². The largest absolute Gasteiger partial charge is 0.497 e. The van der Waals surface area contributed by atoms with Crippen molar-refractivity contribution in [3.63, 3.8) is 0 Å². The molecule has 1 aromatic carbocycles. The Hall–Kier alpha value is -1.75. The van der Waals surface area contributed by atoms with Gasteiger partial charge in [-0.1, -0.05) is 13.0 Å². The minimum Gasteiger partial charge on any atom is -0.497 e. The molecule has 1 rings (SSSR count). The highest BCUT2D eigenvalue weighted by molar-refractivity contribution is 5.77. The molecule has 0 aliphatic rings. The summed E-state index contributed by atoms with van der Waals surface area (Å²) in [6.45, 7) is 6.04. The van der Waals surface area contributed by atoms with E-state index in [9.17, 15) is 4.79 Å². The maximum atomic E-state index is 11.8. The molecule has 2 N–H and O–H groups in total. The lowest BCUT2D eigenvalue weighted by atomic mass is 10.1. The van der Waals surface area contributed by atoms with E-state index in [1.54, 1.807) is 13.2 Å². The molecule has 0 aliphatic carbocycles. The molecule has 21 heavy (non-hydrogen) atoms. The standard InChI is InChI=1S/C16H26N2O3/c1-6-11(2)18-16(19)10-21-15-9-13(20-5)7-8-14(15)12(3)17-4/h7-9,11-12,17H,6,10H2,1-5H3,(H,18,19). The maximum Gasteiger partial charge on any atom is 0.258 e. The highest BCUT2D eigenvalue weighted by Gasteiger charge is 2.13. The molecule has 0 bridgehead atoms. The third-order valence-electron chi connectivity index (χ3n) is 3.50. The number of rotatable bonds is 8. The van der Waals surface area contributed by atoms with E-state index in [1.807, 2.05) is 40.0 Å². The lowest BCUT2D eigenvalue weighted by Crippen LogP contribution is -2.35. The number of carbonyl (C=O) groups is 1. The van der Waals surface area contributed by atoms with Gasteiger partial charge in [0.05, 0.1) is 7.11 Å². The Labute approximate surface area is 127 Å². The fourth-order valence-corrected chi connectivity index (χ4v) is 1.84. The van der Waals surface area contributed by atoms with Crippen molar-refractivity contribution >= 4 is 5.91 Å². The van der Waals surface area contributed by atoms with E-state index in [0.717, 1.165) is 12.0 Å². The molecule has 2 atom stereocenters. The molecular formula is C16H26N2O3. The average molecular weight is 294 g/mol. The van der Waals surface area contributed by atoms with Gasteiger partial charge in [-0.25, -0.2) is 0 Å². The zero-order valence-corrected chi connectivity index (χ0v) is 13.5. The summed E-state index contributed by atoms with van der Waals surface area (Å²) in [4.78, 5) is 11.8. The summed E-state index contributed by atoms with van der Waals surface area (Å²) in [5.74, 6) is 1.25. The normalized spacial score (nSPS) is 13.4. The van der Waals surface area contributed by atoms with Crippen molar-refractivity contribution in [3.8, 4) is 11.5 Å². The molecule has 0 aromatic heterocycles. The van der Waals surface area contributed by atoms with E-state index >= 15 is 0 Å². The lowest BCUT2D eigenvalue weighted by Gasteiger charge is -2.18. The first-order chi connectivity index (χ1) is 10.0. The van der Waals surface area contributed by atoms with E-state index in [2.05, 4.69) is 10.6 Å². The number of hydrogen-bond donors (Lipinski definition) is 2. The zero-order valence-electron chi connectivity index (χ0n) is 13.5. The molecule has 0 aliphatic heterocycles. The summed E-state index contributed by atoms with van der Waals surface area (Å²) < 4.78 is 10.9. The molecule has 0 spiro atoms. The molecule has 1 aromatic rings. The van der Waals surface area contributed by atoms with Crippen LogP contribution in [0.5, 0.6) is 11.5 Å². The van der Waals surface area contributed by atoms with Crippen LogP contribution in [0.2, 0.25) is 0 Å². The second-order valence-electron chi connectivity index (χ2n) is 5.08. The van der Waals surface area contributed by atoms with Gasteiger partial charge in [0.25, 0.3) is 5.91 Å². The van der Waals surface area contributed by atoms with E-state index in [-0.39, 0.29) is 24.6 Å². The van der Waals surface area contributed by atoms with Crippen LogP contribution in [0.1, 0.15) is 38.8 Å². The van der Waals surface area contributed by atoms with Crippen molar-refractivity contribution in [3.05, 3.63) is 23.8 Å². The highest BCUT2D eigenvalue weighted by Crippen LogP contribution is 2.29. The molecule has 118 valence electrons. The number of methoxy groups -OCH3 is 1. The van der Waals surface area contributed by atoms with Crippen LogP contribution in [0.4, 0.5) is 0 Å². The molecule has 0 saturated heterocycles. The molecule has 5 heteroatoms. The van der Waals surface area contributed by atoms with Crippen molar-refractivity contribution in [1.82, 2.24) is 10.6 Å². The average Bonchev–Trinajstić information content (AvgIpc) is 2.51. The Bertz CT molecular complexity index is 463. The topological polar surface area (TPSA) is 59.6 Å². The maximum absolute atomic E-state index is 11.8. The Morgan fingerprint density at radius 2 is 2.05 bits per heavy atom. The lowest BCUT2D eigenvalue weighted by molar-refractivity contribution is -0.123. The van der Waals surface area contributed by atoms with Crippen molar-refractivity contribution in [1.29, 1.82) is 0 Å². The number of carbonyl (C=O) groups excluding carboxylic acids is 1. The monoisotopic (exact) mass is 294 g/mol. The second kappa shape index (κ2) is 8.52. The van der Waals surface area contributed by atoms with Crippen LogP contribution in [0.15, 0.2) is 18.2 Å². The van der Waals surface area contributed by atoms with Gasteiger partial charge in [0.2, 0.25) is 0 Å². The van der Waals surface area contributed by atoms with Crippen molar-refractivity contribution in [2.45, 2.75) is 39.3 Å². The summed E-state index contributed by atoms with van der Waals surface area (Å²) >= 11 is 0. The Morgan fingerprint density at radius 1 is 1.33 bits per heavy atom. The smallest absolute Gasteiger partial charge is 0.258 e. The fourth-order valence-electron chi connectivity index (χ4n) is 1.84. The van der Waals surface area contributed by atoms with Crippen LogP contribution in [0, 0.1) is 0 Å². The van der Waals surface area contributed by atoms with E-state index in [1.165, 1.54) is 0 Å². The molecule has 0 heterocycles. The molecule has 2 unspecified atom stereocenters. The molecule has 5 nitrogen and oxygen atoms in total. The number of hydrogen-bond acceptors (Lipinski definition) is 4. The third kappa shape index (κ3) is 5.27. The predicted molar refractivity (Wildman–Crippen MR) is 83.9 cm³/mol. The number of ether oxygens (including phenoxy) is 2. The van der Waals surface area contributed by atoms with Crippen molar-refractivity contribution < 1.29 is 14.3 Å². The zero-order chi connectivity index (χ0) is 15.8. The number of nitrogens with one attached hydrogen (secondary N) is 2. The number of amides is 1. The van der Waals surface area contributed by atoms with Crippen LogP contribution in [-0.4, -0.2) is 32.7 Å². The van der Waals surface area contributed by atoms with Gasteiger partial charge in [-0.05, 0) is 33.4 Å². The Morgan fingerprint density at radius 3 is 2.62 bits per heavy atom. The minimum absolute atomic E-state index is 0.000934. The van der Waals surface area contributed by atoms with Crippen molar-refractivity contribution in [2.75, 3.05) is 20.8 Å². The molecule has 0 fully saturated rings. The molecular weight excluding hydrogens is 268 g/mol. The van der Waals surface area contributed by atoms with Crippen molar-refractivity contribution in [2.24, 2.45) is 0 Å². The van der Waals surface area contributed by atoms with Gasteiger partial charge in [0, 0.05) is 23.7 Å². The molecule has 0 radical (unpaired) electrons. The molecule has 1 amide bonds. The first-order valence-electron chi connectivity index (χ1n) is 7.29. The quantitative estimate of drug-likeness (QED) is 0.772. The van der Waals surface area contributed by atoms with Gasteiger partial charge in [-0.3, -0.25) is 4.79 Å². The van der Waals surface area contributed by atoms with E-state index in [0.29, 0.717) is 11.5 Å². The Kier molecular flexibility index (Phi) is 7.02. The second-order valence-corrected chi connectivity index (χ2v) is 5.08. The van der Waals surface area contributed by atoms with Gasteiger partial charge >= 0.3 is 0 Å². The van der Waals surface area contributed by atoms with Crippen LogP contribution < -0.4 is 20.1 Å². The summed E-state index contributed by atoms with van der Waals surface area (Å²) in [6, 6.07) is 5.92. The van der Waals surface area contributed by atoms with Crippen LogP contribution >= 0.6 is 0 Å². The summed E-state index contributed by atoms with van der Waals surface area (Å²) in [5.41, 5.74) is 0.995. The first kappa shape index (κ1) is 17.3. The predicted octanol–water partition coefficient (Wildman–Crippen LogP) is 2.27. The molecule has 0 saturated carbocycles. The van der Waals surface area contributed by atoms with E-state index in [4.69, 9.17) is 9.47 Å². The van der Waals surface area contributed by atoms with Gasteiger partial charge in [-0.15, -0.1) is 0 Å². The fraction of sp³-hybridized carbons (Fsp3) is 0.562. The SMILES string of the molecule is CCC(C)NC(=O)COc1cc(OC)ccc1C(C)NC. The first-order valence-corrected chi connectivity index (χ1v) is 7.29. The van der Waals surface area contributed by atoms with Gasteiger partial charge in [-0.2, -0.15) is 0 Å². The van der Waals surface area contributed by atoms with Crippen LogP contribution in [0.3, 0.4) is 0 Å². The van der Waals surface area contributed by atoms with Crippen LogP contribution in [-0.2, 0) is 4.79 Å². The summed E-state index contributed by atoms with van der Waals surface area (Å²) in [7, 11) is 3.49. The number of benzene rings is 1. The minimum atomic E-state index is -0.116.